The summed E-state index contributed by atoms with van der Waals surface area (Å²) >= 11 is 3.28. The largest absolute Gasteiger partial charge is 0.375 e. The van der Waals surface area contributed by atoms with Gasteiger partial charge >= 0.3 is 0 Å². The Bertz CT molecular complexity index is 382. The number of nitro benzene ring substituents is 1. The molecule has 0 aromatic heterocycles. The zero-order valence-electron chi connectivity index (χ0n) is 9.44. The van der Waals surface area contributed by atoms with Crippen LogP contribution in [0.1, 0.15) is 18.9 Å². The fourth-order valence-corrected chi connectivity index (χ4v) is 2.01. The fourth-order valence-electron chi connectivity index (χ4n) is 1.56. The Hall–Kier alpha value is -1.10. The fraction of sp³-hybridized carbons (Fsp3) is 0.455. The summed E-state index contributed by atoms with van der Waals surface area (Å²) in [7, 11) is 1.99. The number of anilines is 1. The molecule has 0 saturated heterocycles. The van der Waals surface area contributed by atoms with Crippen molar-refractivity contribution >= 4 is 27.3 Å². The number of benzene rings is 1. The highest BCUT2D eigenvalue weighted by Crippen LogP contribution is 2.26. The van der Waals surface area contributed by atoms with Crippen LogP contribution in [0, 0.1) is 10.1 Å². The SMILES string of the molecule is CCCN(C)c1ccc([N+](=O)[O-])c(CBr)c1. The van der Waals surface area contributed by atoms with Crippen molar-refractivity contribution in [1.29, 1.82) is 0 Å². The van der Waals surface area contributed by atoms with E-state index in [1.165, 1.54) is 0 Å². The number of hydrogen-bond acceptors (Lipinski definition) is 3. The molecule has 0 amide bonds. The van der Waals surface area contributed by atoms with E-state index < -0.39 is 0 Å². The van der Waals surface area contributed by atoms with Gasteiger partial charge in [0.05, 0.1) is 4.92 Å². The molecule has 0 radical (unpaired) electrons. The maximum absolute atomic E-state index is 10.8. The third kappa shape index (κ3) is 2.95. The summed E-state index contributed by atoms with van der Waals surface area (Å²) in [5.74, 6) is 0. The summed E-state index contributed by atoms with van der Waals surface area (Å²) in [5.41, 5.74) is 1.90. The molecule has 0 N–H and O–H groups in total. The van der Waals surface area contributed by atoms with Crippen molar-refractivity contribution in [1.82, 2.24) is 0 Å². The number of halogens is 1. The molecule has 0 unspecified atom stereocenters. The zero-order chi connectivity index (χ0) is 12.1. The number of hydrogen-bond donors (Lipinski definition) is 0. The van der Waals surface area contributed by atoms with Crippen LogP contribution in [0.25, 0.3) is 0 Å². The molecule has 0 aliphatic heterocycles. The Morgan fingerprint density at radius 2 is 2.19 bits per heavy atom. The predicted molar refractivity (Wildman–Crippen MR) is 69.3 cm³/mol. The van der Waals surface area contributed by atoms with E-state index in [1.807, 2.05) is 13.1 Å². The smallest absolute Gasteiger partial charge is 0.273 e. The van der Waals surface area contributed by atoms with Gasteiger partial charge in [-0.1, -0.05) is 22.9 Å². The first-order valence-electron chi connectivity index (χ1n) is 5.14. The lowest BCUT2D eigenvalue weighted by Crippen LogP contribution is -2.17. The maximum Gasteiger partial charge on any atom is 0.273 e. The van der Waals surface area contributed by atoms with Gasteiger partial charge < -0.3 is 4.90 Å². The highest BCUT2D eigenvalue weighted by atomic mass is 79.9. The number of nitro groups is 1. The molecule has 1 aromatic rings. The van der Waals surface area contributed by atoms with Gasteiger partial charge in [-0.15, -0.1) is 0 Å². The lowest BCUT2D eigenvalue weighted by atomic mass is 10.1. The molecule has 0 spiro atoms. The van der Waals surface area contributed by atoms with Crippen LogP contribution in [-0.4, -0.2) is 18.5 Å². The molecule has 1 aromatic carbocycles. The van der Waals surface area contributed by atoms with Gasteiger partial charge in [0.1, 0.15) is 0 Å². The van der Waals surface area contributed by atoms with Gasteiger partial charge in [-0.25, -0.2) is 0 Å². The number of rotatable bonds is 5. The van der Waals surface area contributed by atoms with Crippen molar-refractivity contribution in [3.05, 3.63) is 33.9 Å². The second kappa shape index (κ2) is 5.84. The molecule has 0 fully saturated rings. The molecular weight excluding hydrogens is 272 g/mol. The third-order valence-electron chi connectivity index (χ3n) is 2.40. The second-order valence-electron chi connectivity index (χ2n) is 3.63. The van der Waals surface area contributed by atoms with Crippen LogP contribution in [-0.2, 0) is 5.33 Å². The second-order valence-corrected chi connectivity index (χ2v) is 4.19. The summed E-state index contributed by atoms with van der Waals surface area (Å²) < 4.78 is 0. The van der Waals surface area contributed by atoms with Gasteiger partial charge in [-0.2, -0.15) is 0 Å². The molecule has 16 heavy (non-hydrogen) atoms. The van der Waals surface area contributed by atoms with Crippen LogP contribution in [0.3, 0.4) is 0 Å². The Kier molecular flexibility index (Phi) is 4.73. The number of alkyl halides is 1. The highest BCUT2D eigenvalue weighted by Gasteiger charge is 2.13. The standard InChI is InChI=1S/C11H15BrN2O2/c1-3-6-13(2)10-4-5-11(14(15)16)9(7-10)8-12/h4-5,7H,3,6,8H2,1-2H3. The van der Waals surface area contributed by atoms with Crippen molar-refractivity contribution in [2.24, 2.45) is 0 Å². The molecule has 0 aliphatic carbocycles. The van der Waals surface area contributed by atoms with Crippen molar-refractivity contribution in [2.45, 2.75) is 18.7 Å². The lowest BCUT2D eigenvalue weighted by molar-refractivity contribution is -0.385. The summed E-state index contributed by atoms with van der Waals surface area (Å²) in [5, 5.41) is 11.3. The van der Waals surface area contributed by atoms with Crippen molar-refractivity contribution < 1.29 is 4.92 Å². The zero-order valence-corrected chi connectivity index (χ0v) is 11.0. The highest BCUT2D eigenvalue weighted by molar-refractivity contribution is 9.08. The molecular formula is C11H15BrN2O2. The summed E-state index contributed by atoms with van der Waals surface area (Å²) in [6, 6.07) is 5.22. The van der Waals surface area contributed by atoms with Crippen molar-refractivity contribution in [3.8, 4) is 0 Å². The van der Waals surface area contributed by atoms with Crippen LogP contribution in [0.15, 0.2) is 18.2 Å². The molecule has 0 aliphatic rings. The van der Waals surface area contributed by atoms with Gasteiger partial charge in [0.2, 0.25) is 0 Å². The van der Waals surface area contributed by atoms with Gasteiger partial charge in [0, 0.05) is 36.2 Å². The van der Waals surface area contributed by atoms with Crippen LogP contribution in [0.5, 0.6) is 0 Å². The minimum absolute atomic E-state index is 0.172. The average molecular weight is 287 g/mol. The Morgan fingerprint density at radius 3 is 2.69 bits per heavy atom. The van der Waals surface area contributed by atoms with Crippen LogP contribution in [0.4, 0.5) is 11.4 Å². The first-order valence-corrected chi connectivity index (χ1v) is 6.26. The van der Waals surface area contributed by atoms with Crippen molar-refractivity contribution in [2.75, 3.05) is 18.5 Å². The normalized spacial score (nSPS) is 10.2. The van der Waals surface area contributed by atoms with E-state index in [4.69, 9.17) is 0 Å². The molecule has 0 saturated carbocycles. The topological polar surface area (TPSA) is 46.4 Å². The summed E-state index contributed by atoms with van der Waals surface area (Å²) in [4.78, 5) is 12.5. The van der Waals surface area contributed by atoms with Crippen LogP contribution >= 0.6 is 15.9 Å². The quantitative estimate of drug-likeness (QED) is 0.474. The average Bonchev–Trinajstić information content (AvgIpc) is 2.28. The van der Waals surface area contributed by atoms with E-state index in [2.05, 4.69) is 27.8 Å². The van der Waals surface area contributed by atoms with Crippen LogP contribution in [0.2, 0.25) is 0 Å². The van der Waals surface area contributed by atoms with E-state index in [0.29, 0.717) is 10.9 Å². The third-order valence-corrected chi connectivity index (χ3v) is 3.01. The predicted octanol–water partition coefficient (Wildman–Crippen LogP) is 3.34. The number of nitrogens with zero attached hydrogens (tertiary/aromatic N) is 2. The van der Waals surface area contributed by atoms with Crippen molar-refractivity contribution in [3.63, 3.8) is 0 Å². The van der Waals surface area contributed by atoms with Gasteiger partial charge in [-0.05, 0) is 18.6 Å². The molecule has 88 valence electrons. The van der Waals surface area contributed by atoms with Crippen LogP contribution < -0.4 is 4.90 Å². The molecule has 1 rings (SSSR count). The Labute approximate surface area is 104 Å². The summed E-state index contributed by atoms with van der Waals surface area (Å²) in [6.07, 6.45) is 1.05. The van der Waals surface area contributed by atoms with E-state index in [9.17, 15) is 10.1 Å². The molecule has 5 heteroatoms. The Balaban J connectivity index is 3.03. The van der Waals surface area contributed by atoms with E-state index in [-0.39, 0.29) is 10.6 Å². The van der Waals surface area contributed by atoms with E-state index >= 15 is 0 Å². The summed E-state index contributed by atoms with van der Waals surface area (Å²) in [6.45, 7) is 3.05. The van der Waals surface area contributed by atoms with Gasteiger partial charge in [-0.3, -0.25) is 10.1 Å². The molecule has 0 atom stereocenters. The molecule has 0 bridgehead atoms. The monoisotopic (exact) mass is 286 g/mol. The molecule has 0 heterocycles. The van der Waals surface area contributed by atoms with E-state index in [1.54, 1.807) is 12.1 Å². The first-order chi connectivity index (χ1) is 7.60. The Morgan fingerprint density at radius 1 is 1.50 bits per heavy atom. The minimum Gasteiger partial charge on any atom is -0.375 e. The molecule has 4 nitrogen and oxygen atoms in total. The minimum atomic E-state index is -0.347. The van der Waals surface area contributed by atoms with Gasteiger partial charge in [0.25, 0.3) is 5.69 Å². The van der Waals surface area contributed by atoms with E-state index in [0.717, 1.165) is 18.7 Å². The van der Waals surface area contributed by atoms with Gasteiger partial charge in [0.15, 0.2) is 0 Å². The lowest BCUT2D eigenvalue weighted by Gasteiger charge is -2.18. The maximum atomic E-state index is 10.8. The first kappa shape index (κ1) is 13.0.